The highest BCUT2D eigenvalue weighted by Gasteiger charge is 2.20. The van der Waals surface area contributed by atoms with Gasteiger partial charge >= 0.3 is 0 Å². The number of carbonyl (C=O) groups is 1. The van der Waals surface area contributed by atoms with Gasteiger partial charge in [0.1, 0.15) is 0 Å². The Labute approximate surface area is 190 Å². The van der Waals surface area contributed by atoms with Crippen LogP contribution in [0.15, 0.2) is 91.0 Å². The molecule has 2 heterocycles. The second-order valence-corrected chi connectivity index (χ2v) is 7.77. The number of H-pyrrole nitrogens is 1. The monoisotopic (exact) mass is 438 g/mol. The number of aromatic nitrogens is 3. The number of hydrogen-bond donors (Lipinski definition) is 2. The lowest BCUT2D eigenvalue weighted by Gasteiger charge is -2.10. The van der Waals surface area contributed by atoms with E-state index in [0.29, 0.717) is 33.9 Å². The number of halogens is 1. The van der Waals surface area contributed by atoms with E-state index in [1.165, 1.54) is 0 Å². The van der Waals surface area contributed by atoms with Crippen molar-refractivity contribution in [2.24, 2.45) is 0 Å². The van der Waals surface area contributed by atoms with E-state index in [2.05, 4.69) is 15.5 Å². The fraction of sp³-hybridized carbons (Fsp3) is 0.0385. The van der Waals surface area contributed by atoms with Gasteiger partial charge < -0.3 is 5.32 Å². The fourth-order valence-electron chi connectivity index (χ4n) is 3.69. The average molecular weight is 439 g/mol. The van der Waals surface area contributed by atoms with Crippen LogP contribution in [0.4, 0.5) is 0 Å². The number of fused-ring (bicyclic) bond motifs is 1. The molecule has 32 heavy (non-hydrogen) atoms. The summed E-state index contributed by atoms with van der Waals surface area (Å²) in [6.45, 7) is 0.321. The number of pyridine rings is 1. The first-order valence-corrected chi connectivity index (χ1v) is 10.6. The van der Waals surface area contributed by atoms with Gasteiger partial charge in [-0.25, -0.2) is 4.98 Å². The van der Waals surface area contributed by atoms with E-state index in [9.17, 15) is 4.79 Å². The molecule has 2 aromatic heterocycles. The van der Waals surface area contributed by atoms with Gasteiger partial charge in [0.15, 0.2) is 5.65 Å². The highest BCUT2D eigenvalue weighted by atomic mass is 35.5. The third-order valence-electron chi connectivity index (χ3n) is 5.30. The quantitative estimate of drug-likeness (QED) is 0.360. The Kier molecular flexibility index (Phi) is 5.40. The number of carbonyl (C=O) groups excluding carboxylic acids is 1. The van der Waals surface area contributed by atoms with Crippen LogP contribution in [0.25, 0.3) is 33.5 Å². The Balaban J connectivity index is 1.61. The third kappa shape index (κ3) is 3.86. The smallest absolute Gasteiger partial charge is 0.252 e. The number of benzene rings is 3. The second kappa shape index (κ2) is 8.65. The summed E-state index contributed by atoms with van der Waals surface area (Å²) in [5.41, 5.74) is 5.15. The van der Waals surface area contributed by atoms with Gasteiger partial charge in [0.05, 0.1) is 22.3 Å². The van der Waals surface area contributed by atoms with Gasteiger partial charge in [-0.1, -0.05) is 90.5 Å². The van der Waals surface area contributed by atoms with E-state index in [4.69, 9.17) is 16.6 Å². The molecule has 5 aromatic rings. The van der Waals surface area contributed by atoms with Crippen molar-refractivity contribution in [3.05, 3.63) is 107 Å². The molecule has 5 rings (SSSR count). The van der Waals surface area contributed by atoms with E-state index >= 15 is 0 Å². The zero-order valence-corrected chi connectivity index (χ0v) is 17.8. The molecule has 3 aromatic carbocycles. The Morgan fingerprint density at radius 1 is 0.875 bits per heavy atom. The molecule has 6 heteroatoms. The first-order valence-electron chi connectivity index (χ1n) is 10.2. The minimum absolute atomic E-state index is 0.215. The maximum Gasteiger partial charge on any atom is 0.252 e. The summed E-state index contributed by atoms with van der Waals surface area (Å²) in [6, 6.07) is 28.8. The number of nitrogens with one attached hydrogen (secondary N) is 2. The van der Waals surface area contributed by atoms with Gasteiger partial charge in [-0.05, 0) is 17.7 Å². The number of nitrogens with zero attached hydrogens (tertiary/aromatic N) is 2. The molecule has 0 saturated heterocycles. The molecule has 156 valence electrons. The Bertz CT molecular complexity index is 1400. The van der Waals surface area contributed by atoms with Crippen LogP contribution in [0, 0.1) is 0 Å². The summed E-state index contributed by atoms with van der Waals surface area (Å²) in [4.78, 5) is 18.1. The SMILES string of the molecule is O=C(NCc1ccccc1Cl)c1cc(-c2ccccc2)nc2n[nH]c(-c3ccccc3)c12. The third-order valence-corrected chi connectivity index (χ3v) is 5.67. The average Bonchev–Trinajstić information content (AvgIpc) is 3.28. The van der Waals surface area contributed by atoms with E-state index in [1.54, 1.807) is 0 Å². The normalized spacial score (nSPS) is 10.9. The number of aromatic amines is 1. The van der Waals surface area contributed by atoms with Crippen LogP contribution in [0.5, 0.6) is 0 Å². The fourth-order valence-corrected chi connectivity index (χ4v) is 3.89. The topological polar surface area (TPSA) is 70.7 Å². The highest BCUT2D eigenvalue weighted by Crippen LogP contribution is 2.31. The predicted molar refractivity (Wildman–Crippen MR) is 127 cm³/mol. The van der Waals surface area contributed by atoms with Crippen LogP contribution in [-0.4, -0.2) is 21.1 Å². The van der Waals surface area contributed by atoms with Crippen molar-refractivity contribution >= 4 is 28.5 Å². The van der Waals surface area contributed by atoms with Crippen LogP contribution in [0.2, 0.25) is 5.02 Å². The van der Waals surface area contributed by atoms with Gasteiger partial charge in [-0.3, -0.25) is 9.89 Å². The molecule has 0 unspecified atom stereocenters. The van der Waals surface area contributed by atoms with Crippen molar-refractivity contribution < 1.29 is 4.79 Å². The van der Waals surface area contributed by atoms with Gasteiger partial charge in [-0.2, -0.15) is 5.10 Å². The first-order chi connectivity index (χ1) is 15.7. The standard InChI is InChI=1S/C26H19ClN4O/c27-21-14-8-7-13-19(21)16-28-26(32)20-15-22(17-9-3-1-4-10-17)29-25-23(20)24(30-31-25)18-11-5-2-6-12-18/h1-15H,16H2,(H,28,32)(H,29,30,31). The molecule has 0 saturated carbocycles. The molecule has 0 aliphatic rings. The second-order valence-electron chi connectivity index (χ2n) is 7.36. The minimum atomic E-state index is -0.215. The van der Waals surface area contributed by atoms with Crippen LogP contribution >= 0.6 is 11.6 Å². The lowest BCUT2D eigenvalue weighted by Crippen LogP contribution is -2.23. The highest BCUT2D eigenvalue weighted by molar-refractivity contribution is 6.31. The molecule has 1 amide bonds. The lowest BCUT2D eigenvalue weighted by atomic mass is 10.0. The Morgan fingerprint density at radius 3 is 2.25 bits per heavy atom. The molecule has 5 nitrogen and oxygen atoms in total. The summed E-state index contributed by atoms with van der Waals surface area (Å²) in [7, 11) is 0. The molecule has 0 atom stereocenters. The van der Waals surface area contributed by atoms with Crippen molar-refractivity contribution in [1.29, 1.82) is 0 Å². The zero-order valence-electron chi connectivity index (χ0n) is 17.0. The summed E-state index contributed by atoms with van der Waals surface area (Å²) in [5, 5.41) is 11.8. The molecule has 0 aliphatic heterocycles. The van der Waals surface area contributed by atoms with Gasteiger partial charge in [0, 0.05) is 22.7 Å². The summed E-state index contributed by atoms with van der Waals surface area (Å²) < 4.78 is 0. The van der Waals surface area contributed by atoms with Crippen molar-refractivity contribution in [1.82, 2.24) is 20.5 Å². The lowest BCUT2D eigenvalue weighted by molar-refractivity contribution is 0.0952. The molecule has 0 bridgehead atoms. The largest absolute Gasteiger partial charge is 0.348 e. The molecule has 0 aliphatic carbocycles. The molecule has 0 spiro atoms. The van der Waals surface area contributed by atoms with Gasteiger partial charge in [-0.15, -0.1) is 0 Å². The molecular weight excluding hydrogens is 420 g/mol. The van der Waals surface area contributed by atoms with E-state index in [-0.39, 0.29) is 5.91 Å². The minimum Gasteiger partial charge on any atom is -0.348 e. The van der Waals surface area contributed by atoms with Crippen molar-refractivity contribution in [3.8, 4) is 22.5 Å². The number of amides is 1. The van der Waals surface area contributed by atoms with Crippen LogP contribution in [-0.2, 0) is 6.54 Å². The van der Waals surface area contributed by atoms with Crippen LogP contribution in [0.3, 0.4) is 0 Å². The maximum absolute atomic E-state index is 13.4. The number of hydrogen-bond acceptors (Lipinski definition) is 3. The Morgan fingerprint density at radius 2 is 1.53 bits per heavy atom. The van der Waals surface area contributed by atoms with E-state index in [1.807, 2.05) is 91.0 Å². The van der Waals surface area contributed by atoms with E-state index < -0.39 is 0 Å². The number of rotatable bonds is 5. The molecule has 2 N–H and O–H groups in total. The predicted octanol–water partition coefficient (Wildman–Crippen LogP) is 5.88. The van der Waals surface area contributed by atoms with Crippen molar-refractivity contribution in [2.45, 2.75) is 6.54 Å². The van der Waals surface area contributed by atoms with Gasteiger partial charge in [0.25, 0.3) is 5.91 Å². The van der Waals surface area contributed by atoms with Crippen molar-refractivity contribution in [3.63, 3.8) is 0 Å². The zero-order chi connectivity index (χ0) is 21.9. The Hall–Kier alpha value is -3.96. The van der Waals surface area contributed by atoms with Crippen LogP contribution in [0.1, 0.15) is 15.9 Å². The van der Waals surface area contributed by atoms with E-state index in [0.717, 1.165) is 22.4 Å². The summed E-state index contributed by atoms with van der Waals surface area (Å²) in [5.74, 6) is -0.215. The van der Waals surface area contributed by atoms with Crippen LogP contribution < -0.4 is 5.32 Å². The molecular formula is C26H19ClN4O. The summed E-state index contributed by atoms with van der Waals surface area (Å²) >= 11 is 6.27. The molecule has 0 fully saturated rings. The maximum atomic E-state index is 13.4. The summed E-state index contributed by atoms with van der Waals surface area (Å²) in [6.07, 6.45) is 0. The van der Waals surface area contributed by atoms with Crippen molar-refractivity contribution in [2.75, 3.05) is 0 Å². The first kappa shape index (κ1) is 20.0. The van der Waals surface area contributed by atoms with Gasteiger partial charge in [0.2, 0.25) is 0 Å². The molecule has 0 radical (unpaired) electrons.